The first-order valence-electron chi connectivity index (χ1n) is 9.12. The van der Waals surface area contributed by atoms with E-state index in [9.17, 15) is 9.59 Å². The molecule has 3 rings (SSSR count). The maximum Gasteiger partial charge on any atom is 0.254 e. The molecule has 0 aromatic heterocycles. The summed E-state index contributed by atoms with van der Waals surface area (Å²) in [5.41, 5.74) is 1.53. The van der Waals surface area contributed by atoms with E-state index in [-0.39, 0.29) is 11.8 Å². The maximum absolute atomic E-state index is 12.4. The van der Waals surface area contributed by atoms with E-state index in [1.807, 2.05) is 34.1 Å². The summed E-state index contributed by atoms with van der Waals surface area (Å²) < 4.78 is 5.28. The fourth-order valence-electron chi connectivity index (χ4n) is 3.23. The van der Waals surface area contributed by atoms with Crippen LogP contribution >= 0.6 is 0 Å². The molecule has 2 saturated heterocycles. The molecule has 136 valence electrons. The molecule has 0 atom stereocenters. The number of anilines is 1. The highest BCUT2D eigenvalue weighted by molar-refractivity contribution is 5.94. The Morgan fingerprint density at radius 3 is 2.32 bits per heavy atom. The first-order valence-corrected chi connectivity index (χ1v) is 9.12. The second-order valence-electron chi connectivity index (χ2n) is 6.90. The van der Waals surface area contributed by atoms with Gasteiger partial charge in [-0.2, -0.15) is 0 Å². The van der Waals surface area contributed by atoms with Crippen molar-refractivity contribution in [3.8, 4) is 0 Å². The highest BCUT2D eigenvalue weighted by atomic mass is 16.5. The van der Waals surface area contributed by atoms with Crippen molar-refractivity contribution in [2.45, 2.75) is 19.8 Å². The lowest BCUT2D eigenvalue weighted by Crippen LogP contribution is -2.41. The van der Waals surface area contributed by atoms with E-state index in [0.717, 1.165) is 31.6 Å². The average molecular weight is 345 g/mol. The van der Waals surface area contributed by atoms with Gasteiger partial charge in [-0.15, -0.1) is 0 Å². The zero-order valence-electron chi connectivity index (χ0n) is 14.9. The van der Waals surface area contributed by atoms with Gasteiger partial charge in [-0.1, -0.05) is 6.92 Å². The number of hydrogen-bond donors (Lipinski definition) is 1. The Morgan fingerprint density at radius 2 is 1.68 bits per heavy atom. The first kappa shape index (κ1) is 17.7. The lowest BCUT2D eigenvalue weighted by atomic mass is 9.99. The summed E-state index contributed by atoms with van der Waals surface area (Å²) in [6, 6.07) is 7.35. The van der Waals surface area contributed by atoms with E-state index in [2.05, 4.69) is 12.2 Å². The second kappa shape index (κ2) is 8.34. The quantitative estimate of drug-likeness (QED) is 0.904. The molecule has 2 amide bonds. The number of carbonyl (C=O) groups excluding carboxylic acids is 2. The van der Waals surface area contributed by atoms with Crippen molar-refractivity contribution in [3.63, 3.8) is 0 Å². The summed E-state index contributed by atoms with van der Waals surface area (Å²) in [6.07, 6.45) is 2.17. The molecule has 2 aliphatic heterocycles. The third-order valence-electron chi connectivity index (χ3n) is 5.01. The number of likely N-dealkylation sites (tertiary alicyclic amines) is 1. The molecule has 6 nitrogen and oxygen atoms in total. The summed E-state index contributed by atoms with van der Waals surface area (Å²) in [4.78, 5) is 28.4. The molecular formula is C19H27N3O3. The molecule has 0 bridgehead atoms. The van der Waals surface area contributed by atoms with Crippen LogP contribution in [0.15, 0.2) is 24.3 Å². The monoisotopic (exact) mass is 345 g/mol. The zero-order valence-corrected chi connectivity index (χ0v) is 14.9. The summed E-state index contributed by atoms with van der Waals surface area (Å²) >= 11 is 0. The number of piperidine rings is 1. The standard InChI is InChI=1S/C19H27N3O3/c1-15-6-8-21(9-7-15)18(23)14-20-17-4-2-16(3-5-17)19(24)22-10-12-25-13-11-22/h2-5,15,20H,6-14H2,1H3. The van der Waals surface area contributed by atoms with Crippen molar-refractivity contribution in [2.75, 3.05) is 51.3 Å². The van der Waals surface area contributed by atoms with Gasteiger partial charge in [0.15, 0.2) is 0 Å². The molecule has 1 N–H and O–H groups in total. The van der Waals surface area contributed by atoms with E-state index in [0.29, 0.717) is 44.3 Å². The van der Waals surface area contributed by atoms with Crippen molar-refractivity contribution in [2.24, 2.45) is 5.92 Å². The zero-order chi connectivity index (χ0) is 17.6. The minimum atomic E-state index is 0.0355. The molecule has 1 aromatic carbocycles. The smallest absolute Gasteiger partial charge is 0.254 e. The van der Waals surface area contributed by atoms with Gasteiger partial charge in [0, 0.05) is 37.4 Å². The number of amides is 2. The predicted molar refractivity (Wildman–Crippen MR) is 96.6 cm³/mol. The third kappa shape index (κ3) is 4.72. The van der Waals surface area contributed by atoms with E-state index >= 15 is 0 Å². The second-order valence-corrected chi connectivity index (χ2v) is 6.90. The number of carbonyl (C=O) groups is 2. The molecule has 1 aromatic rings. The van der Waals surface area contributed by atoms with Gasteiger partial charge in [0.25, 0.3) is 5.91 Å². The third-order valence-corrected chi connectivity index (χ3v) is 5.01. The molecule has 2 aliphatic rings. The molecule has 0 radical (unpaired) electrons. The predicted octanol–water partition coefficient (Wildman–Crippen LogP) is 1.83. The van der Waals surface area contributed by atoms with Gasteiger partial charge in [0.05, 0.1) is 19.8 Å². The van der Waals surface area contributed by atoms with Gasteiger partial charge in [-0.05, 0) is 43.0 Å². The van der Waals surface area contributed by atoms with Gasteiger partial charge in [-0.3, -0.25) is 9.59 Å². The van der Waals surface area contributed by atoms with Gasteiger partial charge in [-0.25, -0.2) is 0 Å². The van der Waals surface area contributed by atoms with Crippen molar-refractivity contribution in [1.82, 2.24) is 9.80 Å². The van der Waals surface area contributed by atoms with Crippen LogP contribution in [0.25, 0.3) is 0 Å². The molecule has 0 unspecified atom stereocenters. The largest absolute Gasteiger partial charge is 0.378 e. The lowest BCUT2D eigenvalue weighted by Gasteiger charge is -2.30. The number of rotatable bonds is 4. The number of ether oxygens (including phenoxy) is 1. The Morgan fingerprint density at radius 1 is 1.04 bits per heavy atom. The fourth-order valence-corrected chi connectivity index (χ4v) is 3.23. The summed E-state index contributed by atoms with van der Waals surface area (Å²) in [5, 5.41) is 3.16. The van der Waals surface area contributed by atoms with E-state index in [1.54, 1.807) is 0 Å². The Labute approximate surface area is 149 Å². The maximum atomic E-state index is 12.4. The SMILES string of the molecule is CC1CCN(C(=O)CNc2ccc(C(=O)N3CCOCC3)cc2)CC1. The number of morpholine rings is 1. The van der Waals surface area contributed by atoms with Crippen LogP contribution in [0.1, 0.15) is 30.1 Å². The van der Waals surface area contributed by atoms with Gasteiger partial charge >= 0.3 is 0 Å². The number of hydrogen-bond acceptors (Lipinski definition) is 4. The molecule has 0 aliphatic carbocycles. The van der Waals surface area contributed by atoms with Crippen LogP contribution < -0.4 is 5.32 Å². The van der Waals surface area contributed by atoms with Crippen LogP contribution in [0.4, 0.5) is 5.69 Å². The van der Waals surface area contributed by atoms with E-state index in [4.69, 9.17) is 4.74 Å². The molecule has 2 fully saturated rings. The normalized spacial score (nSPS) is 18.9. The Balaban J connectivity index is 1.49. The van der Waals surface area contributed by atoms with Crippen LogP contribution in [0.3, 0.4) is 0 Å². The highest BCUT2D eigenvalue weighted by Gasteiger charge is 2.20. The summed E-state index contributed by atoms with van der Waals surface area (Å²) in [7, 11) is 0. The minimum Gasteiger partial charge on any atom is -0.378 e. The van der Waals surface area contributed by atoms with Crippen molar-refractivity contribution in [3.05, 3.63) is 29.8 Å². The Kier molecular flexibility index (Phi) is 5.91. The molecule has 0 saturated carbocycles. The van der Waals surface area contributed by atoms with Crippen LogP contribution in [0.2, 0.25) is 0 Å². The van der Waals surface area contributed by atoms with Crippen LogP contribution in [-0.4, -0.2) is 67.6 Å². The lowest BCUT2D eigenvalue weighted by molar-refractivity contribution is -0.130. The summed E-state index contributed by atoms with van der Waals surface area (Å²) in [6.45, 7) is 6.73. The Bertz CT molecular complexity index is 588. The first-order chi connectivity index (χ1) is 12.1. The molecular weight excluding hydrogens is 318 g/mol. The van der Waals surface area contributed by atoms with Crippen molar-refractivity contribution >= 4 is 17.5 Å². The minimum absolute atomic E-state index is 0.0355. The number of nitrogens with one attached hydrogen (secondary N) is 1. The molecule has 2 heterocycles. The van der Waals surface area contributed by atoms with Crippen molar-refractivity contribution < 1.29 is 14.3 Å². The van der Waals surface area contributed by atoms with E-state index < -0.39 is 0 Å². The van der Waals surface area contributed by atoms with E-state index in [1.165, 1.54) is 0 Å². The molecule has 0 spiro atoms. The van der Waals surface area contributed by atoms with Gasteiger partial charge in [0.1, 0.15) is 0 Å². The van der Waals surface area contributed by atoms with Gasteiger partial charge < -0.3 is 19.9 Å². The average Bonchev–Trinajstić information content (AvgIpc) is 2.67. The Hall–Kier alpha value is -2.08. The highest BCUT2D eigenvalue weighted by Crippen LogP contribution is 2.16. The topological polar surface area (TPSA) is 61.9 Å². The fraction of sp³-hybridized carbons (Fsp3) is 0.579. The number of benzene rings is 1. The van der Waals surface area contributed by atoms with Crippen molar-refractivity contribution in [1.29, 1.82) is 0 Å². The van der Waals surface area contributed by atoms with Crippen LogP contribution in [0.5, 0.6) is 0 Å². The molecule has 6 heteroatoms. The van der Waals surface area contributed by atoms with Crippen LogP contribution in [0, 0.1) is 5.92 Å². The summed E-state index contributed by atoms with van der Waals surface area (Å²) in [5.74, 6) is 0.891. The van der Waals surface area contributed by atoms with Gasteiger partial charge in [0.2, 0.25) is 5.91 Å². The van der Waals surface area contributed by atoms with Crippen LogP contribution in [-0.2, 0) is 9.53 Å². The number of nitrogens with zero attached hydrogens (tertiary/aromatic N) is 2. The molecule has 25 heavy (non-hydrogen) atoms.